The first-order valence-corrected chi connectivity index (χ1v) is 16.6. The second kappa shape index (κ2) is 14.1. The van der Waals surface area contributed by atoms with Crippen molar-refractivity contribution in [2.75, 3.05) is 35.9 Å². The molecule has 0 unspecified atom stereocenters. The number of sulfonamides is 1. The molecule has 2 amide bonds. The Balaban J connectivity index is 1.30. The number of carbonyl (C=O) groups excluding carboxylic acids is 1. The second-order valence-electron chi connectivity index (χ2n) is 11.4. The van der Waals surface area contributed by atoms with Crippen LogP contribution in [0.15, 0.2) is 60.7 Å². The standard InChI is InChI=1S/C33H44N4O4S/c1-6-7-18-37(33(38)34-32-25(3)21-24(2)22-26(32)4)29-16-19-36(20-17-29)23-27-8-12-30(13-9-27)41-31-14-10-28(11-15-31)35-42(5,39)40/h8-15,21-22,29,35H,6-7,16-20,23H2,1-5H3,(H,34,38). The van der Waals surface area contributed by atoms with E-state index in [2.05, 4.69) is 71.8 Å². The highest BCUT2D eigenvalue weighted by atomic mass is 32.2. The third-order valence-electron chi connectivity index (χ3n) is 7.64. The molecule has 226 valence electrons. The van der Waals surface area contributed by atoms with Crippen LogP contribution in [0.3, 0.4) is 0 Å². The lowest BCUT2D eigenvalue weighted by atomic mass is 10.0. The van der Waals surface area contributed by atoms with Crippen LogP contribution in [0.5, 0.6) is 11.5 Å². The summed E-state index contributed by atoms with van der Waals surface area (Å²) in [7, 11) is -3.31. The summed E-state index contributed by atoms with van der Waals surface area (Å²) in [5.41, 5.74) is 6.04. The summed E-state index contributed by atoms with van der Waals surface area (Å²) < 4.78 is 31.2. The van der Waals surface area contributed by atoms with Crippen molar-refractivity contribution < 1.29 is 17.9 Å². The number of ether oxygens (including phenoxy) is 1. The highest BCUT2D eigenvalue weighted by Crippen LogP contribution is 2.26. The van der Waals surface area contributed by atoms with Crippen molar-refractivity contribution in [1.82, 2.24) is 9.80 Å². The van der Waals surface area contributed by atoms with E-state index >= 15 is 0 Å². The van der Waals surface area contributed by atoms with Crippen LogP contribution in [-0.4, -0.2) is 56.2 Å². The Hall–Kier alpha value is -3.56. The van der Waals surface area contributed by atoms with E-state index in [1.165, 1.54) is 11.1 Å². The zero-order chi connectivity index (χ0) is 30.3. The van der Waals surface area contributed by atoms with Gasteiger partial charge >= 0.3 is 6.03 Å². The first-order chi connectivity index (χ1) is 20.0. The highest BCUT2D eigenvalue weighted by molar-refractivity contribution is 7.92. The number of nitrogens with zero attached hydrogens (tertiary/aromatic N) is 2. The van der Waals surface area contributed by atoms with E-state index in [1.807, 2.05) is 12.1 Å². The number of benzene rings is 3. The summed E-state index contributed by atoms with van der Waals surface area (Å²) in [6, 6.07) is 19.4. The summed E-state index contributed by atoms with van der Waals surface area (Å²) in [6.45, 7) is 11.9. The summed E-state index contributed by atoms with van der Waals surface area (Å²) in [6.07, 6.45) is 5.08. The van der Waals surface area contributed by atoms with Gasteiger partial charge < -0.3 is 15.0 Å². The number of anilines is 2. The molecular formula is C33H44N4O4S. The molecule has 0 saturated carbocycles. The maximum absolute atomic E-state index is 13.5. The van der Waals surface area contributed by atoms with Gasteiger partial charge in [0.2, 0.25) is 10.0 Å². The maximum Gasteiger partial charge on any atom is 0.322 e. The maximum atomic E-state index is 13.5. The van der Waals surface area contributed by atoms with Crippen molar-refractivity contribution in [3.63, 3.8) is 0 Å². The van der Waals surface area contributed by atoms with E-state index in [9.17, 15) is 13.2 Å². The molecule has 1 aliphatic heterocycles. The summed E-state index contributed by atoms with van der Waals surface area (Å²) in [5, 5.41) is 3.23. The Morgan fingerprint density at radius 3 is 2.07 bits per heavy atom. The number of urea groups is 1. The van der Waals surface area contributed by atoms with Gasteiger partial charge in [-0.15, -0.1) is 0 Å². The van der Waals surface area contributed by atoms with E-state index in [0.717, 1.165) is 80.7 Å². The lowest BCUT2D eigenvalue weighted by Gasteiger charge is -2.38. The second-order valence-corrected chi connectivity index (χ2v) is 13.2. The van der Waals surface area contributed by atoms with Crippen molar-refractivity contribution in [1.29, 1.82) is 0 Å². The molecule has 1 fully saturated rings. The molecule has 3 aromatic rings. The predicted molar refractivity (Wildman–Crippen MR) is 171 cm³/mol. The van der Waals surface area contributed by atoms with Crippen LogP contribution in [0, 0.1) is 20.8 Å². The first kappa shape index (κ1) is 31.4. The molecule has 2 N–H and O–H groups in total. The number of likely N-dealkylation sites (tertiary alicyclic amines) is 1. The average molecular weight is 593 g/mol. The van der Waals surface area contributed by atoms with Gasteiger partial charge in [0, 0.05) is 43.6 Å². The van der Waals surface area contributed by atoms with Gasteiger partial charge in [-0.3, -0.25) is 9.62 Å². The van der Waals surface area contributed by atoms with Gasteiger partial charge in [-0.2, -0.15) is 0 Å². The lowest BCUT2D eigenvalue weighted by Crippen LogP contribution is -2.49. The van der Waals surface area contributed by atoms with E-state index in [-0.39, 0.29) is 12.1 Å². The van der Waals surface area contributed by atoms with E-state index < -0.39 is 10.0 Å². The van der Waals surface area contributed by atoms with Gasteiger partial charge in [-0.25, -0.2) is 13.2 Å². The molecule has 0 spiro atoms. The van der Waals surface area contributed by atoms with Gasteiger partial charge in [-0.1, -0.05) is 43.2 Å². The molecule has 9 heteroatoms. The Kier molecular flexibility index (Phi) is 10.5. The molecule has 0 atom stereocenters. The first-order valence-electron chi connectivity index (χ1n) is 14.7. The molecule has 4 rings (SSSR count). The minimum absolute atomic E-state index is 0.00819. The van der Waals surface area contributed by atoms with E-state index in [1.54, 1.807) is 24.3 Å². The van der Waals surface area contributed by atoms with E-state index in [0.29, 0.717) is 11.4 Å². The van der Waals surface area contributed by atoms with Gasteiger partial charge in [-0.05, 0) is 93.1 Å². The highest BCUT2D eigenvalue weighted by Gasteiger charge is 2.28. The van der Waals surface area contributed by atoms with Crippen LogP contribution in [-0.2, 0) is 16.6 Å². The van der Waals surface area contributed by atoms with Gasteiger partial charge in [0.15, 0.2) is 0 Å². The Morgan fingerprint density at radius 2 is 1.52 bits per heavy atom. The minimum Gasteiger partial charge on any atom is -0.457 e. The van der Waals surface area contributed by atoms with Gasteiger partial charge in [0.1, 0.15) is 11.5 Å². The van der Waals surface area contributed by atoms with Crippen molar-refractivity contribution in [2.45, 2.75) is 66.0 Å². The molecule has 0 bridgehead atoms. The molecule has 1 aliphatic rings. The number of amides is 2. The summed E-state index contributed by atoms with van der Waals surface area (Å²) in [5.74, 6) is 1.35. The molecule has 0 aromatic heterocycles. The third-order valence-corrected chi connectivity index (χ3v) is 8.25. The summed E-state index contributed by atoms with van der Waals surface area (Å²) in [4.78, 5) is 18.0. The Labute approximate surface area is 251 Å². The van der Waals surface area contributed by atoms with Crippen LogP contribution in [0.25, 0.3) is 0 Å². The van der Waals surface area contributed by atoms with Gasteiger partial charge in [0.05, 0.1) is 6.26 Å². The fourth-order valence-corrected chi connectivity index (χ4v) is 6.15. The normalized spacial score (nSPS) is 14.4. The zero-order valence-corrected chi connectivity index (χ0v) is 26.3. The Morgan fingerprint density at radius 1 is 0.952 bits per heavy atom. The van der Waals surface area contributed by atoms with Crippen molar-refractivity contribution in [3.8, 4) is 11.5 Å². The van der Waals surface area contributed by atoms with Crippen molar-refractivity contribution >= 4 is 27.4 Å². The summed E-state index contributed by atoms with van der Waals surface area (Å²) >= 11 is 0. The largest absolute Gasteiger partial charge is 0.457 e. The number of carbonyl (C=O) groups is 1. The monoisotopic (exact) mass is 592 g/mol. The Bertz CT molecular complexity index is 1430. The molecule has 0 radical (unpaired) electrons. The zero-order valence-electron chi connectivity index (χ0n) is 25.4. The smallest absolute Gasteiger partial charge is 0.322 e. The SMILES string of the molecule is CCCCN(C(=O)Nc1c(C)cc(C)cc1C)C1CCN(Cc2ccc(Oc3ccc(NS(C)(=O)=O)cc3)cc2)CC1. The molecule has 1 saturated heterocycles. The molecule has 42 heavy (non-hydrogen) atoms. The van der Waals surface area contributed by atoms with Crippen LogP contribution < -0.4 is 14.8 Å². The van der Waals surface area contributed by atoms with Crippen LogP contribution in [0.4, 0.5) is 16.2 Å². The number of piperidine rings is 1. The lowest BCUT2D eigenvalue weighted by molar-refractivity contribution is 0.122. The fraction of sp³-hybridized carbons (Fsp3) is 0.424. The number of nitrogens with one attached hydrogen (secondary N) is 2. The molecule has 0 aliphatic carbocycles. The quantitative estimate of drug-likeness (QED) is 0.248. The number of unbranched alkanes of at least 4 members (excludes halogenated alkanes) is 1. The number of aryl methyl sites for hydroxylation is 3. The molecular weight excluding hydrogens is 548 g/mol. The molecule has 1 heterocycles. The van der Waals surface area contributed by atoms with Crippen LogP contribution in [0.2, 0.25) is 0 Å². The number of hydrogen-bond acceptors (Lipinski definition) is 5. The molecule has 3 aromatic carbocycles. The average Bonchev–Trinajstić information content (AvgIpc) is 2.93. The number of rotatable bonds is 11. The molecule has 8 nitrogen and oxygen atoms in total. The third kappa shape index (κ3) is 8.97. The van der Waals surface area contributed by atoms with Crippen LogP contribution in [0.1, 0.15) is 54.9 Å². The van der Waals surface area contributed by atoms with Crippen molar-refractivity contribution in [3.05, 3.63) is 82.9 Å². The van der Waals surface area contributed by atoms with Crippen molar-refractivity contribution in [2.24, 2.45) is 0 Å². The van der Waals surface area contributed by atoms with Gasteiger partial charge in [0.25, 0.3) is 0 Å². The predicted octanol–water partition coefficient (Wildman–Crippen LogP) is 7.07. The minimum atomic E-state index is -3.31. The van der Waals surface area contributed by atoms with E-state index in [4.69, 9.17) is 4.74 Å². The number of hydrogen-bond donors (Lipinski definition) is 2. The van der Waals surface area contributed by atoms with Crippen LogP contribution >= 0.6 is 0 Å². The topological polar surface area (TPSA) is 91.0 Å². The fourth-order valence-electron chi connectivity index (χ4n) is 5.59.